The van der Waals surface area contributed by atoms with Gasteiger partial charge in [-0.2, -0.15) is 5.10 Å². The van der Waals surface area contributed by atoms with Gasteiger partial charge in [0.2, 0.25) is 0 Å². The molecule has 0 aliphatic carbocycles. The molecule has 0 bridgehead atoms. The third-order valence-electron chi connectivity index (χ3n) is 3.46. The lowest BCUT2D eigenvalue weighted by Crippen LogP contribution is -2.13. The topological polar surface area (TPSA) is 64.0 Å². The van der Waals surface area contributed by atoms with Gasteiger partial charge in [0, 0.05) is 11.9 Å². The Kier molecular flexibility index (Phi) is 4.59. The van der Waals surface area contributed by atoms with Gasteiger partial charge in [-0.3, -0.25) is 9.40 Å². The van der Waals surface area contributed by atoms with Crippen molar-refractivity contribution in [3.8, 4) is 0 Å². The summed E-state index contributed by atoms with van der Waals surface area (Å²) in [5, 5.41) is 4.68. The number of sulfonamides is 1. The maximum Gasteiger partial charge on any atom is 0.261 e. The zero-order chi connectivity index (χ0) is 17.2. The molecule has 0 aliphatic heterocycles. The highest BCUT2D eigenvalue weighted by Gasteiger charge is 2.14. The number of halogens is 1. The van der Waals surface area contributed by atoms with Crippen LogP contribution in [0.3, 0.4) is 0 Å². The molecule has 2 aromatic carbocycles. The quantitative estimate of drug-likeness (QED) is 0.753. The second-order valence-corrected chi connectivity index (χ2v) is 7.59. The fraction of sp³-hybridized carbons (Fsp3) is 0.118. The highest BCUT2D eigenvalue weighted by Crippen LogP contribution is 2.18. The van der Waals surface area contributed by atoms with Crippen molar-refractivity contribution in [2.24, 2.45) is 0 Å². The number of aromatic nitrogens is 2. The summed E-state index contributed by atoms with van der Waals surface area (Å²) in [6.45, 7) is 2.42. The SMILES string of the molecule is Cc1ccc(S(=O)(=O)Nc2cccc(Cn3cc(Cl)cn3)c2)cc1. The molecule has 0 atom stereocenters. The van der Waals surface area contributed by atoms with Gasteiger partial charge >= 0.3 is 0 Å². The summed E-state index contributed by atoms with van der Waals surface area (Å²) in [5.74, 6) is 0. The van der Waals surface area contributed by atoms with E-state index in [0.717, 1.165) is 11.1 Å². The van der Waals surface area contributed by atoms with Crippen molar-refractivity contribution >= 4 is 27.3 Å². The fourth-order valence-electron chi connectivity index (χ4n) is 2.28. The number of rotatable bonds is 5. The molecule has 0 unspecified atom stereocenters. The van der Waals surface area contributed by atoms with Crippen molar-refractivity contribution in [1.29, 1.82) is 0 Å². The number of nitrogens with zero attached hydrogens (tertiary/aromatic N) is 2. The molecule has 0 radical (unpaired) electrons. The standard InChI is InChI=1S/C17H16ClN3O2S/c1-13-5-7-17(8-6-13)24(22,23)20-16-4-2-3-14(9-16)11-21-12-15(18)10-19-21/h2-10,12,20H,11H2,1H3. The third-order valence-corrected chi connectivity index (χ3v) is 5.05. The second kappa shape index (κ2) is 6.67. The van der Waals surface area contributed by atoms with Crippen LogP contribution in [0.4, 0.5) is 5.69 Å². The van der Waals surface area contributed by atoms with Crippen molar-refractivity contribution in [2.45, 2.75) is 18.4 Å². The first kappa shape index (κ1) is 16.5. The molecule has 0 fully saturated rings. The van der Waals surface area contributed by atoms with E-state index in [1.54, 1.807) is 59.5 Å². The highest BCUT2D eigenvalue weighted by atomic mass is 35.5. The summed E-state index contributed by atoms with van der Waals surface area (Å²) in [7, 11) is -3.61. The summed E-state index contributed by atoms with van der Waals surface area (Å²) in [5.41, 5.74) is 2.43. The Balaban J connectivity index is 1.80. The number of anilines is 1. The first-order valence-electron chi connectivity index (χ1n) is 7.29. The molecule has 0 aliphatic rings. The Hall–Kier alpha value is -2.31. The number of nitrogens with one attached hydrogen (secondary N) is 1. The zero-order valence-corrected chi connectivity index (χ0v) is 14.6. The van der Waals surface area contributed by atoms with Gasteiger partial charge in [0.25, 0.3) is 10.0 Å². The summed E-state index contributed by atoms with van der Waals surface area (Å²) in [6.07, 6.45) is 3.27. The minimum atomic E-state index is -3.61. The molecule has 7 heteroatoms. The lowest BCUT2D eigenvalue weighted by Gasteiger charge is -2.10. The number of hydrogen-bond acceptors (Lipinski definition) is 3. The Morgan fingerprint density at radius 2 is 1.92 bits per heavy atom. The van der Waals surface area contributed by atoms with Gasteiger partial charge in [0.05, 0.1) is 22.7 Å². The maximum atomic E-state index is 12.4. The molecule has 1 N–H and O–H groups in total. The zero-order valence-electron chi connectivity index (χ0n) is 13.0. The first-order valence-corrected chi connectivity index (χ1v) is 9.15. The lowest BCUT2D eigenvalue weighted by atomic mass is 10.2. The normalized spacial score (nSPS) is 11.4. The van der Waals surface area contributed by atoms with Crippen LogP contribution in [0, 0.1) is 6.92 Å². The van der Waals surface area contributed by atoms with E-state index in [2.05, 4.69) is 9.82 Å². The molecule has 3 aromatic rings. The molecule has 5 nitrogen and oxygen atoms in total. The molecule has 24 heavy (non-hydrogen) atoms. The summed E-state index contributed by atoms with van der Waals surface area (Å²) < 4.78 is 29.2. The maximum absolute atomic E-state index is 12.4. The molecule has 0 saturated heterocycles. The average molecular weight is 362 g/mol. The minimum absolute atomic E-state index is 0.234. The van der Waals surface area contributed by atoms with Crippen LogP contribution in [0.25, 0.3) is 0 Å². The molecule has 3 rings (SSSR count). The van der Waals surface area contributed by atoms with Crippen LogP contribution >= 0.6 is 11.6 Å². The van der Waals surface area contributed by atoms with Gasteiger partial charge in [-0.1, -0.05) is 41.4 Å². The van der Waals surface area contributed by atoms with Gasteiger partial charge in [0.15, 0.2) is 0 Å². The van der Waals surface area contributed by atoms with Crippen LogP contribution in [-0.4, -0.2) is 18.2 Å². The average Bonchev–Trinajstić information content (AvgIpc) is 2.92. The van der Waals surface area contributed by atoms with Crippen LogP contribution in [0.1, 0.15) is 11.1 Å². The van der Waals surface area contributed by atoms with E-state index in [-0.39, 0.29) is 4.90 Å². The van der Waals surface area contributed by atoms with E-state index in [9.17, 15) is 8.42 Å². The first-order chi connectivity index (χ1) is 11.4. The summed E-state index contributed by atoms with van der Waals surface area (Å²) in [6, 6.07) is 13.9. The van der Waals surface area contributed by atoms with Crippen LogP contribution in [-0.2, 0) is 16.6 Å². The molecular weight excluding hydrogens is 346 g/mol. The van der Waals surface area contributed by atoms with Gasteiger partial charge in [-0.15, -0.1) is 0 Å². The number of hydrogen-bond donors (Lipinski definition) is 1. The van der Waals surface area contributed by atoms with Crippen molar-refractivity contribution in [2.75, 3.05) is 4.72 Å². The number of benzene rings is 2. The smallest absolute Gasteiger partial charge is 0.261 e. The Bertz CT molecular complexity index is 950. The van der Waals surface area contributed by atoms with E-state index < -0.39 is 10.0 Å². The van der Waals surface area contributed by atoms with Crippen LogP contribution in [0.2, 0.25) is 5.02 Å². The molecule has 0 spiro atoms. The minimum Gasteiger partial charge on any atom is -0.280 e. The van der Waals surface area contributed by atoms with Gasteiger partial charge in [-0.05, 0) is 36.8 Å². The van der Waals surface area contributed by atoms with Crippen LogP contribution < -0.4 is 4.72 Å². The van der Waals surface area contributed by atoms with Gasteiger partial charge in [0.1, 0.15) is 0 Å². The third kappa shape index (κ3) is 3.96. The van der Waals surface area contributed by atoms with E-state index in [1.165, 1.54) is 0 Å². The summed E-state index contributed by atoms with van der Waals surface area (Å²) >= 11 is 5.85. The van der Waals surface area contributed by atoms with E-state index in [0.29, 0.717) is 17.3 Å². The Morgan fingerprint density at radius 3 is 2.58 bits per heavy atom. The predicted octanol–water partition coefficient (Wildman–Crippen LogP) is 3.69. The molecule has 0 saturated carbocycles. The largest absolute Gasteiger partial charge is 0.280 e. The van der Waals surface area contributed by atoms with Crippen molar-refractivity contribution in [3.05, 3.63) is 77.1 Å². The van der Waals surface area contributed by atoms with Crippen LogP contribution in [0.15, 0.2) is 65.8 Å². The fourth-order valence-corrected chi connectivity index (χ4v) is 3.48. The monoisotopic (exact) mass is 361 g/mol. The Morgan fingerprint density at radius 1 is 1.17 bits per heavy atom. The van der Waals surface area contributed by atoms with E-state index >= 15 is 0 Å². The molecule has 0 amide bonds. The molecule has 1 heterocycles. The number of aryl methyl sites for hydroxylation is 1. The second-order valence-electron chi connectivity index (χ2n) is 5.48. The molecular formula is C17H16ClN3O2S. The van der Waals surface area contributed by atoms with E-state index in [4.69, 9.17) is 11.6 Å². The van der Waals surface area contributed by atoms with Gasteiger partial charge < -0.3 is 0 Å². The molecule has 124 valence electrons. The Labute approximate surface area is 145 Å². The van der Waals surface area contributed by atoms with Gasteiger partial charge in [-0.25, -0.2) is 8.42 Å². The van der Waals surface area contributed by atoms with Crippen molar-refractivity contribution in [3.63, 3.8) is 0 Å². The highest BCUT2D eigenvalue weighted by molar-refractivity contribution is 7.92. The predicted molar refractivity (Wildman–Crippen MR) is 94.8 cm³/mol. The van der Waals surface area contributed by atoms with Crippen molar-refractivity contribution in [1.82, 2.24) is 9.78 Å². The van der Waals surface area contributed by atoms with Crippen molar-refractivity contribution < 1.29 is 8.42 Å². The summed E-state index contributed by atoms with van der Waals surface area (Å²) in [4.78, 5) is 0.234. The molecule has 1 aromatic heterocycles. The van der Waals surface area contributed by atoms with E-state index in [1.807, 2.05) is 13.0 Å². The lowest BCUT2D eigenvalue weighted by molar-refractivity contribution is 0.601. The van der Waals surface area contributed by atoms with Crippen LogP contribution in [0.5, 0.6) is 0 Å².